The van der Waals surface area contributed by atoms with Crippen LogP contribution < -0.4 is 0 Å². The maximum absolute atomic E-state index is 9.12. The lowest BCUT2D eigenvalue weighted by molar-refractivity contribution is 0.271. The highest BCUT2D eigenvalue weighted by Gasteiger charge is 2.10. The number of aryl methyl sites for hydroxylation is 1. The number of hydrogen-bond donors (Lipinski definition) is 1. The lowest BCUT2D eigenvalue weighted by atomic mass is 10.2. The molecule has 0 aliphatic heterocycles. The Labute approximate surface area is 110 Å². The molecule has 0 saturated heterocycles. The number of aliphatic hydroxyl groups is 1. The van der Waals surface area contributed by atoms with Crippen molar-refractivity contribution in [3.05, 3.63) is 41.2 Å². The van der Waals surface area contributed by atoms with E-state index in [1.54, 1.807) is 6.20 Å². The van der Waals surface area contributed by atoms with Gasteiger partial charge in [0.15, 0.2) is 5.16 Å². The Morgan fingerprint density at radius 2 is 2.28 bits per heavy atom. The number of benzene rings is 1. The second-order valence-corrected chi connectivity index (χ2v) is 4.97. The van der Waals surface area contributed by atoms with Crippen molar-refractivity contribution >= 4 is 11.8 Å². The molecule has 0 fully saturated rings. The molecule has 0 atom stereocenters. The summed E-state index contributed by atoms with van der Waals surface area (Å²) in [5.41, 5.74) is 2.50. The summed E-state index contributed by atoms with van der Waals surface area (Å²) in [4.78, 5) is 5.13. The molecule has 1 N–H and O–H groups in total. The van der Waals surface area contributed by atoms with E-state index in [1.165, 1.54) is 11.8 Å². The van der Waals surface area contributed by atoms with Gasteiger partial charge in [-0.15, -0.1) is 0 Å². The largest absolute Gasteiger partial charge is 0.390 e. The van der Waals surface area contributed by atoms with Gasteiger partial charge in [0.05, 0.1) is 24.1 Å². The van der Waals surface area contributed by atoms with Crippen LogP contribution in [0.4, 0.5) is 0 Å². The average Bonchev–Trinajstić information content (AvgIpc) is 2.71. The van der Waals surface area contributed by atoms with E-state index >= 15 is 0 Å². The monoisotopic (exact) mass is 259 g/mol. The van der Waals surface area contributed by atoms with Crippen molar-refractivity contribution in [1.29, 1.82) is 5.26 Å². The van der Waals surface area contributed by atoms with Crippen molar-refractivity contribution < 1.29 is 5.11 Å². The third-order valence-corrected chi connectivity index (χ3v) is 3.78. The van der Waals surface area contributed by atoms with Gasteiger partial charge < -0.3 is 9.67 Å². The molecule has 0 saturated carbocycles. The third-order valence-electron chi connectivity index (χ3n) is 2.66. The minimum absolute atomic E-state index is 0.0387. The van der Waals surface area contributed by atoms with Crippen LogP contribution in [0, 0.1) is 18.3 Å². The van der Waals surface area contributed by atoms with Gasteiger partial charge in [0, 0.05) is 11.9 Å². The Balaban J connectivity index is 2.37. The molecule has 1 heterocycles. The van der Waals surface area contributed by atoms with E-state index in [4.69, 9.17) is 10.4 Å². The number of nitrogens with zero attached hydrogens (tertiary/aromatic N) is 3. The molecule has 0 radical (unpaired) electrons. The first-order chi connectivity index (χ1) is 8.65. The Kier molecular flexibility index (Phi) is 3.70. The Morgan fingerprint density at radius 1 is 1.50 bits per heavy atom. The predicted molar refractivity (Wildman–Crippen MR) is 69.1 cm³/mol. The standard InChI is InChI=1S/C13H13N3OS/c1-9-3-4-10(6-14)12(5-9)18-13-15-7-11(8-17)16(13)2/h3-5,7,17H,8H2,1-2H3. The Hall–Kier alpha value is -1.77. The Bertz CT molecular complexity index is 613. The van der Waals surface area contributed by atoms with Crippen LogP contribution in [0.3, 0.4) is 0 Å². The molecule has 1 aromatic heterocycles. The van der Waals surface area contributed by atoms with E-state index < -0.39 is 0 Å². The summed E-state index contributed by atoms with van der Waals surface area (Å²) < 4.78 is 1.83. The van der Waals surface area contributed by atoms with Crippen LogP contribution in [0.2, 0.25) is 0 Å². The fourth-order valence-electron chi connectivity index (χ4n) is 1.57. The molecule has 0 spiro atoms. The smallest absolute Gasteiger partial charge is 0.172 e. The van der Waals surface area contributed by atoms with E-state index in [1.807, 2.05) is 36.7 Å². The van der Waals surface area contributed by atoms with Crippen molar-refractivity contribution in [3.8, 4) is 6.07 Å². The normalized spacial score (nSPS) is 10.3. The maximum Gasteiger partial charge on any atom is 0.172 e. The van der Waals surface area contributed by atoms with Gasteiger partial charge in [0.1, 0.15) is 6.07 Å². The summed E-state index contributed by atoms with van der Waals surface area (Å²) in [5.74, 6) is 0. The minimum Gasteiger partial charge on any atom is -0.390 e. The SMILES string of the molecule is Cc1ccc(C#N)c(Sc2ncc(CO)n2C)c1. The number of aromatic nitrogens is 2. The van der Waals surface area contributed by atoms with Gasteiger partial charge in [0.2, 0.25) is 0 Å². The van der Waals surface area contributed by atoms with Crippen LogP contribution in [0.1, 0.15) is 16.8 Å². The van der Waals surface area contributed by atoms with E-state index in [9.17, 15) is 0 Å². The number of aliphatic hydroxyl groups excluding tert-OH is 1. The van der Waals surface area contributed by atoms with E-state index in [0.717, 1.165) is 21.3 Å². The van der Waals surface area contributed by atoms with Crippen LogP contribution in [-0.2, 0) is 13.7 Å². The average molecular weight is 259 g/mol. The summed E-state index contributed by atoms with van der Waals surface area (Å²) in [7, 11) is 1.85. The summed E-state index contributed by atoms with van der Waals surface area (Å²) >= 11 is 1.43. The summed E-state index contributed by atoms with van der Waals surface area (Å²) in [6.45, 7) is 1.95. The van der Waals surface area contributed by atoms with E-state index in [0.29, 0.717) is 5.56 Å². The lowest BCUT2D eigenvalue weighted by Crippen LogP contribution is -1.97. The lowest BCUT2D eigenvalue weighted by Gasteiger charge is -2.06. The summed E-state index contributed by atoms with van der Waals surface area (Å²) in [5, 5.41) is 19.0. The van der Waals surface area contributed by atoms with E-state index in [-0.39, 0.29) is 6.61 Å². The molecule has 5 heteroatoms. The van der Waals surface area contributed by atoms with Gasteiger partial charge in [-0.2, -0.15) is 5.26 Å². The van der Waals surface area contributed by atoms with Crippen molar-refractivity contribution in [2.24, 2.45) is 7.05 Å². The van der Waals surface area contributed by atoms with Crippen LogP contribution in [-0.4, -0.2) is 14.7 Å². The number of nitriles is 1. The van der Waals surface area contributed by atoms with Crippen molar-refractivity contribution in [3.63, 3.8) is 0 Å². The van der Waals surface area contributed by atoms with Crippen LogP contribution in [0.5, 0.6) is 0 Å². The molecule has 0 bridgehead atoms. The molecule has 2 rings (SSSR count). The second kappa shape index (κ2) is 5.25. The molecule has 0 aliphatic rings. The Morgan fingerprint density at radius 3 is 2.89 bits per heavy atom. The van der Waals surface area contributed by atoms with Crippen molar-refractivity contribution in [2.75, 3.05) is 0 Å². The second-order valence-electron chi connectivity index (χ2n) is 3.96. The quantitative estimate of drug-likeness (QED) is 0.918. The highest BCUT2D eigenvalue weighted by atomic mass is 32.2. The van der Waals surface area contributed by atoms with Gasteiger partial charge >= 0.3 is 0 Å². The number of rotatable bonds is 3. The molecule has 4 nitrogen and oxygen atoms in total. The molecular weight excluding hydrogens is 246 g/mol. The minimum atomic E-state index is -0.0387. The van der Waals surface area contributed by atoms with Gasteiger partial charge in [-0.05, 0) is 24.6 Å². The fourth-order valence-corrected chi connectivity index (χ4v) is 2.60. The zero-order chi connectivity index (χ0) is 13.1. The predicted octanol–water partition coefficient (Wildman–Crippen LogP) is 2.24. The van der Waals surface area contributed by atoms with Crippen LogP contribution in [0.25, 0.3) is 0 Å². The number of imidazole rings is 1. The first-order valence-electron chi connectivity index (χ1n) is 5.45. The van der Waals surface area contributed by atoms with Gasteiger partial charge in [-0.1, -0.05) is 17.8 Å². The first kappa shape index (κ1) is 12.7. The molecule has 1 aromatic carbocycles. The van der Waals surface area contributed by atoms with Crippen LogP contribution >= 0.6 is 11.8 Å². The zero-order valence-corrected chi connectivity index (χ0v) is 11.0. The fraction of sp³-hybridized carbons (Fsp3) is 0.231. The third kappa shape index (κ3) is 2.40. The molecule has 2 aromatic rings. The zero-order valence-electron chi connectivity index (χ0n) is 10.2. The van der Waals surface area contributed by atoms with E-state index in [2.05, 4.69) is 11.1 Å². The number of hydrogen-bond acceptors (Lipinski definition) is 4. The molecule has 92 valence electrons. The summed E-state index contributed by atoms with van der Waals surface area (Å²) in [6, 6.07) is 7.87. The molecular formula is C13H13N3OS. The van der Waals surface area contributed by atoms with Gasteiger partial charge in [-0.3, -0.25) is 0 Å². The highest BCUT2D eigenvalue weighted by molar-refractivity contribution is 7.99. The van der Waals surface area contributed by atoms with Crippen molar-refractivity contribution in [2.45, 2.75) is 23.6 Å². The van der Waals surface area contributed by atoms with Crippen LogP contribution in [0.15, 0.2) is 34.4 Å². The summed E-state index contributed by atoms with van der Waals surface area (Å²) in [6.07, 6.45) is 1.64. The van der Waals surface area contributed by atoms with Gasteiger partial charge in [0.25, 0.3) is 0 Å². The first-order valence-corrected chi connectivity index (χ1v) is 6.27. The maximum atomic E-state index is 9.12. The molecule has 0 unspecified atom stereocenters. The topological polar surface area (TPSA) is 61.8 Å². The van der Waals surface area contributed by atoms with Gasteiger partial charge in [-0.25, -0.2) is 4.98 Å². The highest BCUT2D eigenvalue weighted by Crippen LogP contribution is 2.30. The molecule has 0 aliphatic carbocycles. The molecule has 18 heavy (non-hydrogen) atoms. The van der Waals surface area contributed by atoms with Crippen molar-refractivity contribution in [1.82, 2.24) is 9.55 Å². The molecule has 0 amide bonds.